The van der Waals surface area contributed by atoms with Crippen molar-refractivity contribution in [3.8, 4) is 0 Å². The highest BCUT2D eigenvalue weighted by atomic mass is 16.2. The summed E-state index contributed by atoms with van der Waals surface area (Å²) < 4.78 is 0.507. The lowest BCUT2D eigenvalue weighted by Gasteiger charge is -2.38. The summed E-state index contributed by atoms with van der Waals surface area (Å²) >= 11 is 0. The minimum absolute atomic E-state index is 0.233. The molecule has 0 saturated carbocycles. The Labute approximate surface area is 209 Å². The van der Waals surface area contributed by atoms with E-state index in [-0.39, 0.29) is 37.0 Å². The van der Waals surface area contributed by atoms with Gasteiger partial charge in [0, 0.05) is 0 Å². The molecule has 0 saturated heterocycles. The van der Waals surface area contributed by atoms with E-state index in [4.69, 9.17) is 17.2 Å². The summed E-state index contributed by atoms with van der Waals surface area (Å²) in [5, 5.41) is 0. The number of primary amides is 3. The van der Waals surface area contributed by atoms with E-state index < -0.39 is 0 Å². The van der Waals surface area contributed by atoms with Crippen molar-refractivity contribution < 1.29 is 18.9 Å². The average Bonchev–Trinajstić information content (AvgIpc) is 2.79. The Bertz CT molecular complexity index is 494. The zero-order valence-electron chi connectivity index (χ0n) is 22.2. The molecule has 0 aliphatic rings. The highest BCUT2D eigenvalue weighted by molar-refractivity contribution is 5.74. The summed E-state index contributed by atoms with van der Waals surface area (Å²) in [7, 11) is 0. The van der Waals surface area contributed by atoms with Crippen LogP contribution in [-0.2, 0) is 14.4 Å². The Kier molecular flexibility index (Phi) is 20.8. The molecule has 200 valence electrons. The van der Waals surface area contributed by atoms with E-state index in [2.05, 4.69) is 6.92 Å². The van der Waals surface area contributed by atoms with Gasteiger partial charge in [0.15, 0.2) is 0 Å². The Morgan fingerprint density at radius 3 is 0.971 bits per heavy atom. The predicted molar refractivity (Wildman–Crippen MR) is 141 cm³/mol. The number of hydrogen-bond donors (Lipinski definition) is 3. The van der Waals surface area contributed by atoms with Crippen molar-refractivity contribution in [3.05, 3.63) is 0 Å². The number of rotatable bonds is 26. The van der Waals surface area contributed by atoms with Crippen LogP contribution in [0.3, 0.4) is 0 Å². The molecule has 0 atom stereocenters. The fourth-order valence-electron chi connectivity index (χ4n) is 4.71. The number of nitrogens with zero attached hydrogens (tertiary/aromatic N) is 1. The van der Waals surface area contributed by atoms with E-state index in [1.54, 1.807) is 0 Å². The molecule has 0 aromatic rings. The van der Waals surface area contributed by atoms with Gasteiger partial charge < -0.3 is 21.7 Å². The minimum atomic E-state index is -0.368. The molecule has 0 spiro atoms. The molecule has 6 N–H and O–H groups in total. The third kappa shape index (κ3) is 20.9. The van der Waals surface area contributed by atoms with Crippen LogP contribution in [0.15, 0.2) is 0 Å². The highest BCUT2D eigenvalue weighted by Gasteiger charge is 2.28. The molecule has 3 amide bonds. The van der Waals surface area contributed by atoms with Crippen LogP contribution in [0.4, 0.5) is 0 Å². The fraction of sp³-hybridized carbons (Fsp3) is 0.889. The molecule has 7 nitrogen and oxygen atoms in total. The summed E-state index contributed by atoms with van der Waals surface area (Å²) in [6.45, 7) is 4.65. The molecule has 0 bridgehead atoms. The van der Waals surface area contributed by atoms with Gasteiger partial charge in [-0.25, -0.2) is 0 Å². The van der Waals surface area contributed by atoms with Crippen LogP contribution in [-0.4, -0.2) is 48.4 Å². The largest absolute Gasteiger partial charge is 0.369 e. The number of unbranched alkanes of at least 4 members (excludes halogenated alkanes) is 15. The van der Waals surface area contributed by atoms with Gasteiger partial charge in [-0.3, -0.25) is 14.4 Å². The second kappa shape index (κ2) is 21.9. The van der Waals surface area contributed by atoms with Gasteiger partial charge in [0.2, 0.25) is 17.7 Å². The predicted octanol–water partition coefficient (Wildman–Crippen LogP) is 4.69. The lowest BCUT2D eigenvalue weighted by Crippen LogP contribution is -2.53. The molecule has 0 fully saturated rings. The number of carbonyl (C=O) groups excluding carboxylic acids is 3. The first-order valence-electron chi connectivity index (χ1n) is 14.0. The number of hydrogen-bond acceptors (Lipinski definition) is 3. The van der Waals surface area contributed by atoms with Crippen LogP contribution in [0.2, 0.25) is 0 Å². The summed E-state index contributed by atoms with van der Waals surface area (Å²) in [5.74, 6) is -1.10. The molecule has 7 heteroatoms. The Balaban J connectivity index is 4.04. The van der Waals surface area contributed by atoms with Crippen LogP contribution in [0, 0.1) is 0 Å². The number of carbonyl (C=O) groups is 3. The van der Waals surface area contributed by atoms with Crippen molar-refractivity contribution in [1.29, 1.82) is 0 Å². The summed E-state index contributed by atoms with van der Waals surface area (Å²) in [6.07, 6.45) is 21.7. The summed E-state index contributed by atoms with van der Waals surface area (Å²) in [6, 6.07) is 0. The van der Waals surface area contributed by atoms with Crippen molar-refractivity contribution >= 4 is 17.7 Å². The standard InChI is InChI=1S/C27H54N4O3/c1-2-3-4-5-6-7-8-9-10-11-12-13-14-15-16-17-21-31(22-18-25(28)32,23-19-26(29)33)24-20-27(30)34/h2-24H2,1H3,(H5-,28,29,30,32,33,34)/p+1. The quantitative estimate of drug-likeness (QED) is 0.122. The molecule has 0 rings (SSSR count). The van der Waals surface area contributed by atoms with Gasteiger partial charge in [0.05, 0.1) is 45.4 Å². The van der Waals surface area contributed by atoms with Gasteiger partial charge in [0.1, 0.15) is 0 Å². The van der Waals surface area contributed by atoms with Crippen LogP contribution >= 0.6 is 0 Å². The van der Waals surface area contributed by atoms with E-state index in [1.165, 1.54) is 89.9 Å². The van der Waals surface area contributed by atoms with Crippen LogP contribution in [0.1, 0.15) is 129 Å². The molecule has 34 heavy (non-hydrogen) atoms. The normalized spacial score (nSPS) is 11.6. The monoisotopic (exact) mass is 483 g/mol. The van der Waals surface area contributed by atoms with E-state index in [9.17, 15) is 14.4 Å². The summed E-state index contributed by atoms with van der Waals surface area (Å²) in [5.41, 5.74) is 16.1. The first-order valence-corrected chi connectivity index (χ1v) is 14.0. The molecule has 0 aromatic carbocycles. The third-order valence-corrected chi connectivity index (χ3v) is 6.98. The number of amides is 3. The Hall–Kier alpha value is -1.63. The number of nitrogens with two attached hydrogens (primary N) is 3. The van der Waals surface area contributed by atoms with Crippen LogP contribution in [0.5, 0.6) is 0 Å². The topological polar surface area (TPSA) is 129 Å². The molecule has 0 aromatic heterocycles. The van der Waals surface area contributed by atoms with Crippen molar-refractivity contribution in [1.82, 2.24) is 0 Å². The maximum absolute atomic E-state index is 11.4. The van der Waals surface area contributed by atoms with Gasteiger partial charge in [-0.1, -0.05) is 96.8 Å². The Morgan fingerprint density at radius 1 is 0.441 bits per heavy atom. The van der Waals surface area contributed by atoms with Gasteiger partial charge in [-0.2, -0.15) is 0 Å². The van der Waals surface area contributed by atoms with E-state index in [0.29, 0.717) is 24.1 Å². The highest BCUT2D eigenvalue weighted by Crippen LogP contribution is 2.17. The zero-order chi connectivity index (χ0) is 25.5. The maximum atomic E-state index is 11.4. The SMILES string of the molecule is CCCCCCCCCCCCCCCCCC[N+](CCC(N)=O)(CCC(N)=O)CCC(N)=O. The lowest BCUT2D eigenvalue weighted by molar-refractivity contribution is -0.926. The second-order valence-corrected chi connectivity index (χ2v) is 10.2. The first kappa shape index (κ1) is 32.4. The van der Waals surface area contributed by atoms with Crippen molar-refractivity contribution in [2.24, 2.45) is 17.2 Å². The van der Waals surface area contributed by atoms with E-state index >= 15 is 0 Å². The van der Waals surface area contributed by atoms with Crippen molar-refractivity contribution in [2.45, 2.75) is 129 Å². The minimum Gasteiger partial charge on any atom is -0.369 e. The molecule has 0 aliphatic carbocycles. The van der Waals surface area contributed by atoms with E-state index in [0.717, 1.165) is 19.4 Å². The van der Waals surface area contributed by atoms with Gasteiger partial charge >= 0.3 is 0 Å². The maximum Gasteiger partial charge on any atom is 0.223 e. The lowest BCUT2D eigenvalue weighted by atomic mass is 10.0. The third-order valence-electron chi connectivity index (χ3n) is 6.98. The molecule has 0 unspecified atom stereocenters. The molecular weight excluding hydrogens is 428 g/mol. The van der Waals surface area contributed by atoms with Crippen molar-refractivity contribution in [2.75, 3.05) is 26.2 Å². The molecule has 0 aliphatic heterocycles. The van der Waals surface area contributed by atoms with Crippen LogP contribution < -0.4 is 17.2 Å². The molecule has 0 heterocycles. The van der Waals surface area contributed by atoms with Gasteiger partial charge in [0.25, 0.3) is 0 Å². The van der Waals surface area contributed by atoms with Crippen molar-refractivity contribution in [3.63, 3.8) is 0 Å². The Morgan fingerprint density at radius 2 is 0.706 bits per heavy atom. The molecule has 0 radical (unpaired) electrons. The molecular formula is C27H55N4O3+. The average molecular weight is 484 g/mol. The zero-order valence-corrected chi connectivity index (χ0v) is 22.2. The first-order chi connectivity index (χ1) is 16.3. The smallest absolute Gasteiger partial charge is 0.223 e. The second-order valence-electron chi connectivity index (χ2n) is 10.2. The van der Waals surface area contributed by atoms with E-state index in [1.807, 2.05) is 0 Å². The van der Waals surface area contributed by atoms with Gasteiger partial charge in [-0.05, 0) is 12.8 Å². The number of quaternary nitrogens is 1. The van der Waals surface area contributed by atoms with Crippen LogP contribution in [0.25, 0.3) is 0 Å². The summed E-state index contributed by atoms with van der Waals surface area (Å²) in [4.78, 5) is 34.1. The van der Waals surface area contributed by atoms with Gasteiger partial charge in [-0.15, -0.1) is 0 Å². The fourth-order valence-corrected chi connectivity index (χ4v) is 4.71.